The Kier molecular flexibility index (Phi) is 13.5. The second kappa shape index (κ2) is 15.8. The van der Waals surface area contributed by atoms with Gasteiger partial charge in [-0.3, -0.25) is 14.4 Å². The van der Waals surface area contributed by atoms with Crippen LogP contribution in [0, 0.1) is 17.8 Å². The minimum absolute atomic E-state index is 0. The second-order valence-electron chi connectivity index (χ2n) is 10.8. The molecule has 0 aliphatic carbocycles. The molecule has 2 fully saturated rings. The summed E-state index contributed by atoms with van der Waals surface area (Å²) in [6.45, 7) is 4.77. The molecule has 3 rings (SSSR count). The Hall–Kier alpha value is -2.23. The maximum absolute atomic E-state index is 13.1. The van der Waals surface area contributed by atoms with Gasteiger partial charge in [-0.1, -0.05) is 44.2 Å². The smallest absolute Gasteiger partial charge is 0.746 e. The summed E-state index contributed by atoms with van der Waals surface area (Å²) in [5.41, 5.74) is -1.49. The van der Waals surface area contributed by atoms with Crippen LogP contribution in [-0.4, -0.2) is 84.0 Å². The van der Waals surface area contributed by atoms with E-state index in [0.29, 0.717) is 26.1 Å². The molecule has 2 aliphatic heterocycles. The summed E-state index contributed by atoms with van der Waals surface area (Å²) in [7, 11) is -5.21. The first-order valence-electron chi connectivity index (χ1n) is 13.3. The minimum atomic E-state index is -5.21. The molecule has 41 heavy (non-hydrogen) atoms. The first kappa shape index (κ1) is 35.0. The van der Waals surface area contributed by atoms with Crippen LogP contribution in [0.5, 0.6) is 0 Å². The molecule has 1 aromatic rings. The summed E-state index contributed by atoms with van der Waals surface area (Å²) in [5.74, 6) is -2.26. The van der Waals surface area contributed by atoms with Crippen LogP contribution in [0.3, 0.4) is 0 Å². The van der Waals surface area contributed by atoms with Crippen LogP contribution < -0.4 is 45.5 Å². The van der Waals surface area contributed by atoms with Crippen LogP contribution >= 0.6 is 0 Å². The largest absolute Gasteiger partial charge is 1.00 e. The molecule has 5 atom stereocenters. The molecule has 0 bridgehead atoms. The number of benzene rings is 1. The molecule has 13 nitrogen and oxygen atoms in total. The molecule has 4 N–H and O–H groups in total. The van der Waals surface area contributed by atoms with Crippen LogP contribution in [0.25, 0.3) is 0 Å². The van der Waals surface area contributed by atoms with Gasteiger partial charge in [-0.25, -0.2) is 13.2 Å². The van der Waals surface area contributed by atoms with Crippen molar-refractivity contribution in [3.63, 3.8) is 0 Å². The molecule has 0 spiro atoms. The summed E-state index contributed by atoms with van der Waals surface area (Å²) in [5, 5.41) is 17.5. The molecule has 15 heteroatoms. The summed E-state index contributed by atoms with van der Waals surface area (Å²) in [6, 6.07) is 6.77. The van der Waals surface area contributed by atoms with Crippen molar-refractivity contribution in [3.8, 4) is 0 Å². The molecule has 4 amide bonds. The summed E-state index contributed by atoms with van der Waals surface area (Å²) in [6.07, 6.45) is -0.464. The molecule has 2 aliphatic rings. The Morgan fingerprint density at radius 2 is 1.88 bits per heavy atom. The van der Waals surface area contributed by atoms with Crippen molar-refractivity contribution in [1.82, 2.24) is 20.9 Å². The Bertz CT molecular complexity index is 1170. The average Bonchev–Trinajstić information content (AvgIpc) is 3.45. The van der Waals surface area contributed by atoms with E-state index in [2.05, 4.69) is 16.0 Å². The van der Waals surface area contributed by atoms with Gasteiger partial charge in [-0.2, -0.15) is 0 Å². The number of carbonyl (C=O) groups excluding carboxylic acids is 4. The van der Waals surface area contributed by atoms with Crippen molar-refractivity contribution in [2.24, 2.45) is 17.8 Å². The zero-order valence-corrected chi connectivity index (χ0v) is 26.4. The third-order valence-corrected chi connectivity index (χ3v) is 7.87. The van der Waals surface area contributed by atoms with E-state index in [1.165, 1.54) is 0 Å². The van der Waals surface area contributed by atoms with Gasteiger partial charge in [0.05, 0.1) is 12.6 Å². The maximum atomic E-state index is 13.1. The SMILES string of the molecule is CC(C)C[C@H](NC(=O)OCC1CC(=O)N(Cc2ccccc2)C1)C(=O)N[C@@H](C[C@@H]1CCNC1=O)C(O)S(=O)(=O)[O-].[Na+]. The third-order valence-electron chi connectivity index (χ3n) is 6.95. The number of carbonyl (C=O) groups is 4. The molecular formula is C26H37N4NaO9S. The van der Waals surface area contributed by atoms with E-state index >= 15 is 0 Å². The third kappa shape index (κ3) is 10.8. The van der Waals surface area contributed by atoms with Gasteiger partial charge in [-0.15, -0.1) is 0 Å². The molecule has 2 unspecified atom stereocenters. The molecule has 0 radical (unpaired) electrons. The average molecular weight is 605 g/mol. The van der Waals surface area contributed by atoms with E-state index in [-0.39, 0.29) is 79.1 Å². The summed E-state index contributed by atoms with van der Waals surface area (Å²) < 4.78 is 39.9. The fraction of sp³-hybridized carbons (Fsp3) is 0.615. The first-order valence-corrected chi connectivity index (χ1v) is 14.8. The zero-order chi connectivity index (χ0) is 29.4. The second-order valence-corrected chi connectivity index (χ2v) is 12.2. The van der Waals surface area contributed by atoms with Crippen molar-refractivity contribution in [1.29, 1.82) is 0 Å². The molecule has 0 aromatic heterocycles. The number of aliphatic hydroxyl groups is 1. The number of rotatable bonds is 13. The Labute approximate surface area is 262 Å². The van der Waals surface area contributed by atoms with Gasteiger partial charge < -0.3 is 35.2 Å². The monoisotopic (exact) mass is 604 g/mol. The Morgan fingerprint density at radius 1 is 1.20 bits per heavy atom. The number of ether oxygens (including phenoxy) is 1. The minimum Gasteiger partial charge on any atom is -0.746 e. The van der Waals surface area contributed by atoms with Crippen molar-refractivity contribution >= 4 is 33.9 Å². The number of nitrogens with one attached hydrogen (secondary N) is 3. The zero-order valence-electron chi connectivity index (χ0n) is 23.6. The summed E-state index contributed by atoms with van der Waals surface area (Å²) in [4.78, 5) is 51.7. The van der Waals surface area contributed by atoms with E-state index in [1.807, 2.05) is 30.3 Å². The van der Waals surface area contributed by atoms with Crippen LogP contribution in [-0.2, 0) is 35.8 Å². The number of likely N-dealkylation sites (tertiary alicyclic amines) is 1. The van der Waals surface area contributed by atoms with Crippen molar-refractivity contribution in [3.05, 3.63) is 35.9 Å². The van der Waals surface area contributed by atoms with Gasteiger partial charge in [0.25, 0.3) is 0 Å². The Balaban J connectivity index is 0.00000588. The standard InChI is InChI=1S/C26H38N4O9S.Na/c1-16(2)10-20(24(33)28-21(25(34)40(36,37)38)12-19-8-9-27-23(19)32)29-26(35)39-15-18-11-22(31)30(14-18)13-17-6-4-3-5-7-17;/h3-7,16,18-21,25,34H,8-15H2,1-2H3,(H,27,32)(H,28,33)(H,29,35)(H,36,37,38);/q;+1/p-1/t18?,19-,20-,21-,25?;/m0./s1. The van der Waals surface area contributed by atoms with Crippen LogP contribution in [0.4, 0.5) is 4.79 Å². The van der Waals surface area contributed by atoms with Crippen LogP contribution in [0.2, 0.25) is 0 Å². The summed E-state index contributed by atoms with van der Waals surface area (Å²) >= 11 is 0. The number of alkyl carbamates (subject to hydrolysis) is 1. The molecular weight excluding hydrogens is 567 g/mol. The number of amides is 4. The normalized spacial score (nSPS) is 21.0. The fourth-order valence-electron chi connectivity index (χ4n) is 4.91. The molecule has 2 heterocycles. The number of aliphatic hydroxyl groups excluding tert-OH is 1. The molecule has 1 aromatic carbocycles. The molecule has 0 saturated carbocycles. The van der Waals surface area contributed by atoms with Crippen molar-refractivity contribution < 1.29 is 71.5 Å². The van der Waals surface area contributed by atoms with E-state index < -0.39 is 45.6 Å². The van der Waals surface area contributed by atoms with Crippen LogP contribution in [0.1, 0.15) is 45.1 Å². The molecule has 222 valence electrons. The van der Waals surface area contributed by atoms with Crippen molar-refractivity contribution in [2.45, 2.75) is 63.6 Å². The maximum Gasteiger partial charge on any atom is 1.00 e. The predicted octanol–water partition coefficient (Wildman–Crippen LogP) is -2.95. The van der Waals surface area contributed by atoms with Gasteiger partial charge in [0.1, 0.15) is 16.2 Å². The van der Waals surface area contributed by atoms with Gasteiger partial charge in [0.15, 0.2) is 5.44 Å². The predicted molar refractivity (Wildman–Crippen MR) is 141 cm³/mol. The van der Waals surface area contributed by atoms with Gasteiger partial charge in [0, 0.05) is 37.9 Å². The topological polar surface area (TPSA) is 194 Å². The van der Waals surface area contributed by atoms with Crippen molar-refractivity contribution in [2.75, 3.05) is 19.7 Å². The van der Waals surface area contributed by atoms with E-state index in [4.69, 9.17) is 4.74 Å². The van der Waals surface area contributed by atoms with Gasteiger partial charge >= 0.3 is 35.7 Å². The van der Waals surface area contributed by atoms with E-state index in [0.717, 1.165) is 5.56 Å². The number of hydrogen-bond acceptors (Lipinski definition) is 9. The first-order chi connectivity index (χ1) is 18.8. The Morgan fingerprint density at radius 3 is 2.46 bits per heavy atom. The number of nitrogens with zero attached hydrogens (tertiary/aromatic N) is 1. The van der Waals surface area contributed by atoms with Crippen LogP contribution in [0.15, 0.2) is 30.3 Å². The van der Waals surface area contributed by atoms with E-state index in [9.17, 15) is 37.3 Å². The fourth-order valence-corrected chi connectivity index (χ4v) is 5.49. The van der Waals surface area contributed by atoms with Gasteiger partial charge in [0.2, 0.25) is 17.7 Å². The van der Waals surface area contributed by atoms with E-state index in [1.54, 1.807) is 18.7 Å². The quantitative estimate of drug-likeness (QED) is 0.135. The molecule has 2 saturated heterocycles. The number of hydrogen-bond donors (Lipinski definition) is 4. The van der Waals surface area contributed by atoms with Gasteiger partial charge in [-0.05, 0) is 30.7 Å².